The summed E-state index contributed by atoms with van der Waals surface area (Å²) in [6, 6.07) is 0. The molecule has 0 saturated heterocycles. The van der Waals surface area contributed by atoms with Crippen LogP contribution in [0.1, 0.15) is 20.3 Å². The second kappa shape index (κ2) is 16.2. The Morgan fingerprint density at radius 2 is 1.57 bits per heavy atom. The monoisotopic (exact) mass is 122 g/mol. The van der Waals surface area contributed by atoms with Gasteiger partial charge in [0.05, 0.1) is 7.11 Å². The zero-order valence-electron chi connectivity index (χ0n) is 5.52. The molecule has 0 saturated carbocycles. The van der Waals surface area contributed by atoms with E-state index in [2.05, 4.69) is 18.0 Å². The smallest absolute Gasteiger partial charge is 0.0503 e. The van der Waals surface area contributed by atoms with Gasteiger partial charge in [-0.2, -0.15) is 0 Å². The first-order chi connectivity index (χ1) is 3.33. The molecule has 0 N–H and O–H groups in total. The van der Waals surface area contributed by atoms with Crippen molar-refractivity contribution in [2.45, 2.75) is 20.3 Å². The average Bonchev–Trinajstić information content (AvgIpc) is 1.69. The summed E-state index contributed by atoms with van der Waals surface area (Å²) in [5, 5.41) is 0. The van der Waals surface area contributed by atoms with Crippen LogP contribution in [0.2, 0.25) is 0 Å². The van der Waals surface area contributed by atoms with E-state index in [9.17, 15) is 0 Å². The van der Waals surface area contributed by atoms with E-state index in [1.54, 1.807) is 7.11 Å². The fourth-order valence-corrected chi connectivity index (χ4v) is 0. The maximum atomic E-state index is 4.46. The molecule has 0 radical (unpaired) electrons. The molecule has 0 amide bonds. The topological polar surface area (TPSA) is 9.23 Å². The Kier molecular flexibility index (Phi) is 23.9. The normalized spacial score (nSPS) is 6.86. The van der Waals surface area contributed by atoms with Crippen LogP contribution in [0.15, 0.2) is 0 Å². The molecule has 0 aliphatic heterocycles. The third-order valence-electron chi connectivity index (χ3n) is 0.167. The minimum atomic E-state index is 1.25. The summed E-state index contributed by atoms with van der Waals surface area (Å²) in [4.78, 5) is 0. The van der Waals surface area contributed by atoms with E-state index in [0.29, 0.717) is 0 Å². The molecule has 0 aromatic heterocycles. The molecule has 0 atom stereocenters. The summed E-state index contributed by atoms with van der Waals surface area (Å²) < 4.78 is 4.46. The van der Waals surface area contributed by atoms with E-state index in [-0.39, 0.29) is 0 Å². The van der Waals surface area contributed by atoms with Gasteiger partial charge in [0.2, 0.25) is 0 Å². The van der Waals surface area contributed by atoms with Crippen molar-refractivity contribution in [3.05, 3.63) is 0 Å². The molecule has 7 heavy (non-hydrogen) atoms. The van der Waals surface area contributed by atoms with Crippen molar-refractivity contribution in [2.75, 3.05) is 13.4 Å². The largest absolute Gasteiger partial charge is 0.319 e. The lowest BCUT2D eigenvalue weighted by Crippen LogP contribution is -1.53. The van der Waals surface area contributed by atoms with Gasteiger partial charge in [-0.05, 0) is 12.0 Å². The van der Waals surface area contributed by atoms with Gasteiger partial charge >= 0.3 is 0 Å². The molecular weight excluding hydrogens is 108 g/mol. The molecule has 0 unspecified atom stereocenters. The molecule has 0 aliphatic carbocycles. The van der Waals surface area contributed by atoms with Crippen molar-refractivity contribution in [2.24, 2.45) is 0 Å². The first-order valence-corrected chi connectivity index (χ1v) is 3.55. The Balaban J connectivity index is 0. The molecule has 0 spiro atoms. The maximum Gasteiger partial charge on any atom is 0.0503 e. The number of hydrogen-bond acceptors (Lipinski definition) is 2. The minimum Gasteiger partial charge on any atom is -0.319 e. The summed E-state index contributed by atoms with van der Waals surface area (Å²) in [5.41, 5.74) is 0. The highest BCUT2D eigenvalue weighted by Gasteiger charge is 1.52. The van der Waals surface area contributed by atoms with Gasteiger partial charge in [-0.15, -0.1) is 0 Å². The molecule has 0 heterocycles. The fraction of sp³-hybridized carbons (Fsp3) is 1.00. The van der Waals surface area contributed by atoms with E-state index >= 15 is 0 Å². The van der Waals surface area contributed by atoms with Gasteiger partial charge in [0.1, 0.15) is 0 Å². The highest BCUT2D eigenvalue weighted by molar-refractivity contribution is 7.93. The van der Waals surface area contributed by atoms with Crippen LogP contribution in [0, 0.1) is 0 Å². The van der Waals surface area contributed by atoms with Crippen LogP contribution in [0.4, 0.5) is 0 Å². The lowest BCUT2D eigenvalue weighted by Gasteiger charge is -1.74. The van der Waals surface area contributed by atoms with Crippen LogP contribution >= 0.6 is 12.0 Å². The Hall–Kier alpha value is 0.310. The lowest BCUT2D eigenvalue weighted by atomic mass is 10.6. The van der Waals surface area contributed by atoms with Crippen molar-refractivity contribution in [3.8, 4) is 0 Å². The van der Waals surface area contributed by atoms with Gasteiger partial charge in [-0.3, -0.25) is 0 Å². The summed E-state index contributed by atoms with van der Waals surface area (Å²) in [7, 11) is 1.64. The first kappa shape index (κ1) is 10.3. The third kappa shape index (κ3) is 68.3. The van der Waals surface area contributed by atoms with Crippen molar-refractivity contribution in [1.82, 2.24) is 0 Å². The van der Waals surface area contributed by atoms with Crippen molar-refractivity contribution in [1.29, 1.82) is 0 Å². The second-order valence-corrected chi connectivity index (χ2v) is 1.71. The zero-order valence-corrected chi connectivity index (χ0v) is 6.34. The van der Waals surface area contributed by atoms with E-state index < -0.39 is 0 Å². The summed E-state index contributed by atoms with van der Waals surface area (Å²) >= 11 is 1.36. The Bertz CT molecular complexity index is 15.6. The van der Waals surface area contributed by atoms with Crippen molar-refractivity contribution >= 4 is 12.0 Å². The van der Waals surface area contributed by atoms with Gasteiger partial charge in [0.25, 0.3) is 0 Å². The number of hydrogen-bond donors (Lipinski definition) is 0. The molecule has 0 fully saturated rings. The second-order valence-electron chi connectivity index (χ2n) is 1.04. The Morgan fingerprint density at radius 1 is 1.43 bits per heavy atom. The van der Waals surface area contributed by atoms with Crippen LogP contribution in [-0.4, -0.2) is 13.4 Å². The predicted octanol–water partition coefficient (Wildman–Crippen LogP) is 2.33. The molecule has 2 heteroatoms. The molecule has 46 valence electrons. The molecule has 1 nitrogen and oxygen atoms in total. The summed E-state index contributed by atoms with van der Waals surface area (Å²) in [6.45, 7) is 4.25. The average molecular weight is 122 g/mol. The minimum absolute atomic E-state index is 1.25. The fourth-order valence-electron chi connectivity index (χ4n) is 0. The van der Waals surface area contributed by atoms with Crippen molar-refractivity contribution < 1.29 is 4.18 Å². The van der Waals surface area contributed by atoms with E-state index in [4.69, 9.17) is 0 Å². The Morgan fingerprint density at radius 3 is 1.57 bits per heavy atom. The molecule has 0 bridgehead atoms. The van der Waals surface area contributed by atoms with E-state index in [1.165, 1.54) is 18.5 Å². The van der Waals surface area contributed by atoms with Crippen LogP contribution in [0.5, 0.6) is 0 Å². The summed E-state index contributed by atoms with van der Waals surface area (Å²) in [6.07, 6.45) is 3.12. The first-order valence-electron chi connectivity index (χ1n) is 2.40. The van der Waals surface area contributed by atoms with Gasteiger partial charge in [0, 0.05) is 6.26 Å². The zero-order chi connectivity index (χ0) is 6.12. The molecule has 0 aromatic carbocycles. The third-order valence-corrected chi connectivity index (χ3v) is 0.500. The van der Waals surface area contributed by atoms with Crippen LogP contribution in [-0.2, 0) is 4.18 Å². The maximum absolute atomic E-state index is 4.46. The van der Waals surface area contributed by atoms with E-state index in [1.807, 2.05) is 6.26 Å². The van der Waals surface area contributed by atoms with E-state index in [0.717, 1.165) is 0 Å². The van der Waals surface area contributed by atoms with Crippen LogP contribution in [0.3, 0.4) is 0 Å². The lowest BCUT2D eigenvalue weighted by molar-refractivity contribution is 0.493. The van der Waals surface area contributed by atoms with Gasteiger partial charge in [-0.25, -0.2) is 0 Å². The SMILES string of the molecule is CCC.COSC. The molecule has 0 rings (SSSR count). The molecule has 0 aliphatic rings. The van der Waals surface area contributed by atoms with Gasteiger partial charge < -0.3 is 4.18 Å². The quantitative estimate of drug-likeness (QED) is 0.494. The highest BCUT2D eigenvalue weighted by Crippen LogP contribution is 1.84. The van der Waals surface area contributed by atoms with Crippen LogP contribution < -0.4 is 0 Å². The molecular formula is C5H14OS. The molecule has 0 aromatic rings. The van der Waals surface area contributed by atoms with Crippen molar-refractivity contribution in [3.63, 3.8) is 0 Å². The predicted molar refractivity (Wildman–Crippen MR) is 36.5 cm³/mol. The summed E-state index contributed by atoms with van der Waals surface area (Å²) in [5.74, 6) is 0. The van der Waals surface area contributed by atoms with Gasteiger partial charge in [-0.1, -0.05) is 20.3 Å². The van der Waals surface area contributed by atoms with Gasteiger partial charge in [0.15, 0.2) is 0 Å². The Labute approximate surface area is 50.7 Å². The number of rotatable bonds is 1. The highest BCUT2D eigenvalue weighted by atomic mass is 32.2. The standard InChI is InChI=1S/C3H8.C2H6OS/c1-3-2;1-3-4-2/h3H2,1-2H3;1-2H3. The van der Waals surface area contributed by atoms with Crippen LogP contribution in [0.25, 0.3) is 0 Å².